The van der Waals surface area contributed by atoms with Gasteiger partial charge >= 0.3 is 0 Å². The van der Waals surface area contributed by atoms with Gasteiger partial charge in [-0.25, -0.2) is 0 Å². The Bertz CT molecular complexity index is 664. The quantitative estimate of drug-likeness (QED) is 0.881. The monoisotopic (exact) mass is 297 g/mol. The minimum absolute atomic E-state index is 0.121. The third-order valence-electron chi connectivity index (χ3n) is 4.40. The van der Waals surface area contributed by atoms with Gasteiger partial charge in [0.25, 0.3) is 15.8 Å². The van der Waals surface area contributed by atoms with Crippen molar-refractivity contribution in [1.29, 1.82) is 0 Å². The SMILES string of the molecule is CN(C1CCC1)S(=O)(=O)N1CCc2cc[nH]c(=O)c2C1. The van der Waals surface area contributed by atoms with Crippen molar-refractivity contribution < 1.29 is 8.42 Å². The van der Waals surface area contributed by atoms with Crippen LogP contribution in [0.4, 0.5) is 0 Å². The van der Waals surface area contributed by atoms with Crippen molar-refractivity contribution in [3.63, 3.8) is 0 Å². The minimum atomic E-state index is -3.47. The minimum Gasteiger partial charge on any atom is -0.329 e. The van der Waals surface area contributed by atoms with Gasteiger partial charge in [0.05, 0.1) is 0 Å². The van der Waals surface area contributed by atoms with Crippen molar-refractivity contribution in [2.24, 2.45) is 0 Å². The number of nitrogens with zero attached hydrogens (tertiary/aromatic N) is 2. The van der Waals surface area contributed by atoms with Crippen LogP contribution >= 0.6 is 0 Å². The van der Waals surface area contributed by atoms with E-state index in [2.05, 4.69) is 4.98 Å². The van der Waals surface area contributed by atoms with E-state index in [1.165, 1.54) is 8.61 Å². The summed E-state index contributed by atoms with van der Waals surface area (Å²) in [6.07, 6.45) is 5.16. The maximum atomic E-state index is 12.6. The molecule has 1 aliphatic heterocycles. The smallest absolute Gasteiger partial charge is 0.282 e. The Morgan fingerprint density at radius 1 is 1.40 bits per heavy atom. The van der Waals surface area contributed by atoms with Gasteiger partial charge in [0, 0.05) is 37.9 Å². The zero-order valence-corrected chi connectivity index (χ0v) is 12.3. The highest BCUT2D eigenvalue weighted by Gasteiger charge is 2.36. The number of pyridine rings is 1. The lowest BCUT2D eigenvalue weighted by molar-refractivity contribution is 0.228. The molecule has 0 aromatic carbocycles. The molecule has 7 heteroatoms. The normalized spacial score (nSPS) is 20.7. The number of rotatable bonds is 3. The number of nitrogens with one attached hydrogen (secondary N) is 1. The van der Waals surface area contributed by atoms with Gasteiger partial charge in [-0.05, 0) is 30.9 Å². The molecular weight excluding hydrogens is 278 g/mol. The van der Waals surface area contributed by atoms with Crippen LogP contribution in [0.15, 0.2) is 17.1 Å². The molecule has 1 aromatic rings. The van der Waals surface area contributed by atoms with Crippen LogP contribution < -0.4 is 5.56 Å². The summed E-state index contributed by atoms with van der Waals surface area (Å²) in [4.78, 5) is 14.4. The van der Waals surface area contributed by atoms with Gasteiger partial charge in [-0.1, -0.05) is 6.42 Å². The molecule has 3 rings (SSSR count). The van der Waals surface area contributed by atoms with Crippen LogP contribution in [0.1, 0.15) is 30.4 Å². The zero-order chi connectivity index (χ0) is 14.3. The van der Waals surface area contributed by atoms with E-state index in [0.717, 1.165) is 24.8 Å². The second-order valence-electron chi connectivity index (χ2n) is 5.50. The summed E-state index contributed by atoms with van der Waals surface area (Å²) in [6, 6.07) is 1.98. The Hall–Kier alpha value is -1.18. The van der Waals surface area contributed by atoms with Crippen molar-refractivity contribution in [2.45, 2.75) is 38.3 Å². The van der Waals surface area contributed by atoms with Crippen molar-refractivity contribution in [2.75, 3.05) is 13.6 Å². The van der Waals surface area contributed by atoms with Crippen LogP contribution in [0.2, 0.25) is 0 Å². The van der Waals surface area contributed by atoms with Crippen LogP contribution in [0, 0.1) is 0 Å². The zero-order valence-electron chi connectivity index (χ0n) is 11.5. The number of hydrogen-bond acceptors (Lipinski definition) is 3. The first-order chi connectivity index (χ1) is 9.50. The van der Waals surface area contributed by atoms with E-state index in [4.69, 9.17) is 0 Å². The molecule has 1 saturated carbocycles. The molecule has 20 heavy (non-hydrogen) atoms. The summed E-state index contributed by atoms with van der Waals surface area (Å²) in [5, 5.41) is 0. The summed E-state index contributed by atoms with van der Waals surface area (Å²) in [5.74, 6) is 0. The molecule has 6 nitrogen and oxygen atoms in total. The maximum absolute atomic E-state index is 12.6. The summed E-state index contributed by atoms with van der Waals surface area (Å²) >= 11 is 0. The molecular formula is C13H19N3O3S. The molecule has 0 atom stereocenters. The molecule has 0 unspecified atom stereocenters. The molecule has 0 spiro atoms. The lowest BCUT2D eigenvalue weighted by Gasteiger charge is -2.38. The summed E-state index contributed by atoms with van der Waals surface area (Å²) in [5.41, 5.74) is 1.34. The molecule has 0 radical (unpaired) electrons. The van der Waals surface area contributed by atoms with Gasteiger partial charge in [-0.2, -0.15) is 17.0 Å². The van der Waals surface area contributed by atoms with Crippen molar-refractivity contribution in [3.05, 3.63) is 33.7 Å². The van der Waals surface area contributed by atoms with Crippen LogP contribution in [-0.2, 0) is 23.2 Å². The van der Waals surface area contributed by atoms with E-state index in [1.54, 1.807) is 13.2 Å². The Kier molecular flexibility index (Phi) is 3.43. The lowest BCUT2D eigenvalue weighted by atomic mass is 9.94. The standard InChI is InChI=1S/C13H19N3O3S/c1-15(11-3-2-4-11)20(18,19)16-8-6-10-5-7-14-13(17)12(10)9-16/h5,7,11H,2-4,6,8-9H2,1H3,(H,14,17). The van der Waals surface area contributed by atoms with Gasteiger partial charge in [-0.3, -0.25) is 4.79 Å². The fraction of sp³-hybridized carbons (Fsp3) is 0.615. The van der Waals surface area contributed by atoms with Gasteiger partial charge in [-0.15, -0.1) is 0 Å². The molecule has 110 valence electrons. The van der Waals surface area contributed by atoms with E-state index < -0.39 is 10.2 Å². The lowest BCUT2D eigenvalue weighted by Crippen LogP contribution is -2.50. The predicted octanol–water partition coefficient (Wildman–Crippen LogP) is 0.462. The van der Waals surface area contributed by atoms with E-state index in [9.17, 15) is 13.2 Å². The number of H-pyrrole nitrogens is 1. The van der Waals surface area contributed by atoms with E-state index in [1.807, 2.05) is 6.07 Å². The molecule has 0 saturated heterocycles. The summed E-state index contributed by atoms with van der Waals surface area (Å²) in [6.45, 7) is 0.612. The third-order valence-corrected chi connectivity index (χ3v) is 6.40. The topological polar surface area (TPSA) is 73.5 Å². The van der Waals surface area contributed by atoms with Gasteiger partial charge in [0.15, 0.2) is 0 Å². The second kappa shape index (κ2) is 4.98. The molecule has 1 aromatic heterocycles. The number of aromatic amines is 1. The first-order valence-electron chi connectivity index (χ1n) is 6.92. The number of fused-ring (bicyclic) bond motifs is 1. The molecule has 2 aliphatic rings. The summed E-state index contributed by atoms with van der Waals surface area (Å²) in [7, 11) is -1.82. The van der Waals surface area contributed by atoms with Crippen LogP contribution in [0.3, 0.4) is 0 Å². The van der Waals surface area contributed by atoms with Crippen molar-refractivity contribution >= 4 is 10.2 Å². The molecule has 2 heterocycles. The molecule has 1 fully saturated rings. The number of aromatic nitrogens is 1. The Labute approximate surface area is 118 Å². The Morgan fingerprint density at radius 2 is 2.15 bits per heavy atom. The van der Waals surface area contributed by atoms with Crippen LogP contribution in [-0.4, -0.2) is 41.6 Å². The molecule has 1 N–H and O–H groups in total. The number of hydrogen-bond donors (Lipinski definition) is 1. The van der Waals surface area contributed by atoms with E-state index >= 15 is 0 Å². The molecule has 0 amide bonds. The van der Waals surface area contributed by atoms with E-state index in [-0.39, 0.29) is 18.1 Å². The maximum Gasteiger partial charge on any atom is 0.282 e. The average Bonchev–Trinajstić information content (AvgIpc) is 2.36. The summed E-state index contributed by atoms with van der Waals surface area (Å²) < 4.78 is 28.1. The fourth-order valence-corrected chi connectivity index (χ4v) is 4.34. The Balaban J connectivity index is 1.86. The van der Waals surface area contributed by atoms with E-state index in [0.29, 0.717) is 18.5 Å². The highest BCUT2D eigenvalue weighted by Crippen LogP contribution is 2.28. The van der Waals surface area contributed by atoms with Gasteiger partial charge in [0.2, 0.25) is 0 Å². The third kappa shape index (κ3) is 2.19. The Morgan fingerprint density at radius 3 is 2.80 bits per heavy atom. The van der Waals surface area contributed by atoms with Crippen LogP contribution in [0.25, 0.3) is 0 Å². The van der Waals surface area contributed by atoms with Gasteiger partial charge in [0.1, 0.15) is 0 Å². The molecule has 1 aliphatic carbocycles. The van der Waals surface area contributed by atoms with Crippen molar-refractivity contribution in [1.82, 2.24) is 13.6 Å². The highest BCUT2D eigenvalue weighted by molar-refractivity contribution is 7.86. The van der Waals surface area contributed by atoms with Crippen molar-refractivity contribution in [3.8, 4) is 0 Å². The molecule has 0 bridgehead atoms. The average molecular weight is 297 g/mol. The highest BCUT2D eigenvalue weighted by atomic mass is 32.2. The fourth-order valence-electron chi connectivity index (χ4n) is 2.78. The predicted molar refractivity (Wildman–Crippen MR) is 75.5 cm³/mol. The van der Waals surface area contributed by atoms with Crippen LogP contribution in [0.5, 0.6) is 0 Å². The first-order valence-corrected chi connectivity index (χ1v) is 8.32. The largest absolute Gasteiger partial charge is 0.329 e. The van der Waals surface area contributed by atoms with Gasteiger partial charge < -0.3 is 4.98 Å². The second-order valence-corrected chi connectivity index (χ2v) is 7.49. The first kappa shape index (κ1) is 13.8.